The second-order valence-electron chi connectivity index (χ2n) is 4.68. The number of rotatable bonds is 8. The first-order valence-electron chi connectivity index (χ1n) is 6.65. The molecule has 1 heterocycles. The second-order valence-corrected chi connectivity index (χ2v) is 4.68. The molecule has 0 N–H and O–H groups in total. The quantitative estimate of drug-likeness (QED) is 0.595. The van der Waals surface area contributed by atoms with E-state index in [-0.39, 0.29) is 0 Å². The Balaban J connectivity index is 1.97. The van der Waals surface area contributed by atoms with Crippen molar-refractivity contribution in [1.82, 2.24) is 4.90 Å². The summed E-state index contributed by atoms with van der Waals surface area (Å²) in [5.74, 6) is 0.759. The van der Waals surface area contributed by atoms with E-state index in [0.717, 1.165) is 38.8 Å². The Kier molecular flexibility index (Phi) is 7.81. The van der Waals surface area contributed by atoms with Gasteiger partial charge in [-0.3, -0.25) is 4.90 Å². The Morgan fingerprint density at radius 1 is 1.25 bits per heavy atom. The lowest BCUT2D eigenvalue weighted by molar-refractivity contribution is 0.0368. The summed E-state index contributed by atoms with van der Waals surface area (Å²) in [6.07, 6.45) is 5.21. The summed E-state index contributed by atoms with van der Waals surface area (Å²) in [4.78, 5) is 2.51. The Hall–Kier alpha value is -0.120. The van der Waals surface area contributed by atoms with Crippen LogP contribution in [0.4, 0.5) is 0 Å². The second kappa shape index (κ2) is 8.97. The van der Waals surface area contributed by atoms with E-state index in [0.29, 0.717) is 0 Å². The monoisotopic (exact) mass is 229 g/mol. The van der Waals surface area contributed by atoms with E-state index < -0.39 is 0 Å². The van der Waals surface area contributed by atoms with Gasteiger partial charge in [-0.25, -0.2) is 0 Å². The van der Waals surface area contributed by atoms with Gasteiger partial charge in [0.15, 0.2) is 0 Å². The highest BCUT2D eigenvalue weighted by atomic mass is 16.5. The van der Waals surface area contributed by atoms with Crippen molar-refractivity contribution in [2.24, 2.45) is 5.92 Å². The topological polar surface area (TPSA) is 21.7 Å². The summed E-state index contributed by atoms with van der Waals surface area (Å²) in [6, 6.07) is 0. The molecule has 1 saturated heterocycles. The molecule has 0 aliphatic carbocycles. The van der Waals surface area contributed by atoms with E-state index in [9.17, 15) is 0 Å². The Morgan fingerprint density at radius 2 is 2.00 bits per heavy atom. The van der Waals surface area contributed by atoms with Crippen molar-refractivity contribution in [3.8, 4) is 0 Å². The van der Waals surface area contributed by atoms with Crippen molar-refractivity contribution in [3.05, 3.63) is 0 Å². The molecule has 0 amide bonds. The molecule has 1 fully saturated rings. The van der Waals surface area contributed by atoms with Crippen LogP contribution >= 0.6 is 0 Å². The molecular weight excluding hydrogens is 202 g/mol. The molecule has 0 aromatic rings. The first kappa shape index (κ1) is 13.9. The Morgan fingerprint density at radius 3 is 2.62 bits per heavy atom. The molecule has 3 heteroatoms. The average Bonchev–Trinajstić information content (AvgIpc) is 2.34. The fourth-order valence-corrected chi connectivity index (χ4v) is 2.23. The van der Waals surface area contributed by atoms with Crippen LogP contribution < -0.4 is 0 Å². The highest BCUT2D eigenvalue weighted by Crippen LogP contribution is 2.13. The lowest BCUT2D eigenvalue weighted by Gasteiger charge is -2.26. The van der Waals surface area contributed by atoms with Crippen LogP contribution in [0.2, 0.25) is 0 Å². The molecule has 96 valence electrons. The van der Waals surface area contributed by atoms with Gasteiger partial charge < -0.3 is 9.47 Å². The van der Waals surface area contributed by atoms with E-state index in [1.165, 1.54) is 32.2 Å². The van der Waals surface area contributed by atoms with Crippen molar-refractivity contribution in [2.75, 3.05) is 46.6 Å². The van der Waals surface area contributed by atoms with Crippen molar-refractivity contribution in [2.45, 2.75) is 32.6 Å². The highest BCUT2D eigenvalue weighted by molar-refractivity contribution is 4.63. The maximum absolute atomic E-state index is 5.34. The molecule has 1 unspecified atom stereocenters. The van der Waals surface area contributed by atoms with E-state index >= 15 is 0 Å². The lowest BCUT2D eigenvalue weighted by atomic mass is 10.00. The number of methoxy groups -OCH3 is 1. The van der Waals surface area contributed by atoms with Gasteiger partial charge in [0, 0.05) is 26.8 Å². The predicted octanol–water partition coefficient (Wildman–Crippen LogP) is 2.16. The zero-order valence-electron chi connectivity index (χ0n) is 10.9. The maximum atomic E-state index is 5.34. The number of unbranched alkanes of at least 4 members (excludes halogenated alkanes) is 1. The summed E-state index contributed by atoms with van der Waals surface area (Å²) in [6.45, 7) is 8.50. The average molecular weight is 229 g/mol. The molecule has 16 heavy (non-hydrogen) atoms. The largest absolute Gasteiger partial charge is 0.384 e. The smallest absolute Gasteiger partial charge is 0.0594 e. The Labute approximate surface area is 100 Å². The van der Waals surface area contributed by atoms with Gasteiger partial charge in [-0.15, -0.1) is 0 Å². The van der Waals surface area contributed by atoms with Crippen LogP contribution in [0.15, 0.2) is 0 Å². The Bertz CT molecular complexity index is 151. The minimum atomic E-state index is 0.759. The lowest BCUT2D eigenvalue weighted by Crippen LogP contribution is -2.36. The normalized spacial score (nSPS) is 19.9. The van der Waals surface area contributed by atoms with Crippen LogP contribution in [0.5, 0.6) is 0 Å². The summed E-state index contributed by atoms with van der Waals surface area (Å²) in [5.41, 5.74) is 0. The highest BCUT2D eigenvalue weighted by Gasteiger charge is 2.10. The predicted molar refractivity (Wildman–Crippen MR) is 66.8 cm³/mol. The van der Waals surface area contributed by atoms with E-state index in [4.69, 9.17) is 9.47 Å². The molecule has 1 rings (SSSR count). The number of nitrogens with zero attached hydrogens (tertiary/aromatic N) is 1. The number of hydrogen-bond donors (Lipinski definition) is 0. The zero-order valence-corrected chi connectivity index (χ0v) is 10.9. The molecule has 1 aliphatic heterocycles. The SMILES string of the molecule is CCC(CCCCN1CCOCC1)COC. The molecule has 0 saturated carbocycles. The van der Waals surface area contributed by atoms with Crippen LogP contribution in [0.1, 0.15) is 32.6 Å². The van der Waals surface area contributed by atoms with Crippen LogP contribution in [0.3, 0.4) is 0 Å². The van der Waals surface area contributed by atoms with Gasteiger partial charge in [0.05, 0.1) is 13.2 Å². The van der Waals surface area contributed by atoms with Crippen LogP contribution in [0.25, 0.3) is 0 Å². The van der Waals surface area contributed by atoms with Gasteiger partial charge in [-0.2, -0.15) is 0 Å². The number of morpholine rings is 1. The van der Waals surface area contributed by atoms with Crippen molar-refractivity contribution in [1.29, 1.82) is 0 Å². The standard InChI is InChI=1S/C13H27NO2/c1-3-13(12-15-2)6-4-5-7-14-8-10-16-11-9-14/h13H,3-12H2,1-2H3. The van der Waals surface area contributed by atoms with Crippen LogP contribution in [-0.4, -0.2) is 51.5 Å². The molecular formula is C13H27NO2. The third-order valence-corrected chi connectivity index (χ3v) is 3.42. The summed E-state index contributed by atoms with van der Waals surface area (Å²) >= 11 is 0. The molecule has 0 aromatic heterocycles. The van der Waals surface area contributed by atoms with E-state index in [1.54, 1.807) is 7.11 Å². The van der Waals surface area contributed by atoms with E-state index in [1.807, 2.05) is 0 Å². The minimum Gasteiger partial charge on any atom is -0.384 e. The van der Waals surface area contributed by atoms with Gasteiger partial charge >= 0.3 is 0 Å². The van der Waals surface area contributed by atoms with Crippen molar-refractivity contribution >= 4 is 0 Å². The van der Waals surface area contributed by atoms with Gasteiger partial charge in [0.25, 0.3) is 0 Å². The van der Waals surface area contributed by atoms with Crippen molar-refractivity contribution in [3.63, 3.8) is 0 Å². The van der Waals surface area contributed by atoms with Gasteiger partial charge in [-0.1, -0.05) is 19.8 Å². The third kappa shape index (κ3) is 5.83. The van der Waals surface area contributed by atoms with Gasteiger partial charge in [0.1, 0.15) is 0 Å². The van der Waals surface area contributed by atoms with Crippen LogP contribution in [0, 0.1) is 5.92 Å². The first-order valence-corrected chi connectivity index (χ1v) is 6.65. The van der Waals surface area contributed by atoms with Gasteiger partial charge in [0.2, 0.25) is 0 Å². The summed E-state index contributed by atoms with van der Waals surface area (Å²) < 4.78 is 10.6. The summed E-state index contributed by atoms with van der Waals surface area (Å²) in [7, 11) is 1.80. The summed E-state index contributed by atoms with van der Waals surface area (Å²) in [5, 5.41) is 0. The maximum Gasteiger partial charge on any atom is 0.0594 e. The third-order valence-electron chi connectivity index (χ3n) is 3.42. The van der Waals surface area contributed by atoms with E-state index in [2.05, 4.69) is 11.8 Å². The molecule has 1 atom stereocenters. The fraction of sp³-hybridized carbons (Fsp3) is 1.00. The first-order chi connectivity index (χ1) is 7.86. The zero-order chi connectivity index (χ0) is 11.6. The number of ether oxygens (including phenoxy) is 2. The number of hydrogen-bond acceptors (Lipinski definition) is 3. The molecule has 3 nitrogen and oxygen atoms in total. The molecule has 0 aromatic carbocycles. The molecule has 0 radical (unpaired) electrons. The minimum absolute atomic E-state index is 0.759. The van der Waals surface area contributed by atoms with Gasteiger partial charge in [-0.05, 0) is 25.3 Å². The molecule has 0 spiro atoms. The van der Waals surface area contributed by atoms with Crippen LogP contribution in [-0.2, 0) is 9.47 Å². The fourth-order valence-electron chi connectivity index (χ4n) is 2.23. The molecule has 1 aliphatic rings. The van der Waals surface area contributed by atoms with Crippen molar-refractivity contribution < 1.29 is 9.47 Å². The molecule has 0 bridgehead atoms.